The number of benzene rings is 2. The van der Waals surface area contributed by atoms with Gasteiger partial charge in [0.2, 0.25) is 5.91 Å². The van der Waals surface area contributed by atoms with Crippen LogP contribution in [-0.2, 0) is 21.2 Å². The molecule has 0 aliphatic carbocycles. The maximum atomic E-state index is 12.9. The largest absolute Gasteiger partial charge is 0.312 e. The summed E-state index contributed by atoms with van der Waals surface area (Å²) in [6.07, 6.45) is 0.307. The van der Waals surface area contributed by atoms with Crippen molar-refractivity contribution in [3.8, 4) is 0 Å². The molecule has 2 aromatic rings. The Hall–Kier alpha value is -2.34. The number of sulfonamides is 1. The molecule has 2 aromatic carbocycles. The molecule has 1 amide bonds. The third kappa shape index (κ3) is 3.14. The minimum atomic E-state index is -3.69. The van der Waals surface area contributed by atoms with Crippen molar-refractivity contribution in [3.05, 3.63) is 52.6 Å². The number of nitrogens with one attached hydrogen (secondary N) is 1. The quantitative estimate of drug-likeness (QED) is 0.912. The summed E-state index contributed by atoms with van der Waals surface area (Å²) in [6, 6.07) is 8.98. The molecular weight excluding hydrogens is 336 g/mol. The number of amides is 1. The second-order valence-corrected chi connectivity index (χ2v) is 8.11. The molecule has 0 saturated heterocycles. The van der Waals surface area contributed by atoms with E-state index >= 15 is 0 Å². The molecule has 5 nitrogen and oxygen atoms in total. The van der Waals surface area contributed by atoms with Gasteiger partial charge in [0.15, 0.2) is 0 Å². The zero-order chi connectivity index (χ0) is 18.4. The Morgan fingerprint density at radius 1 is 1.08 bits per heavy atom. The number of anilines is 2. The van der Waals surface area contributed by atoms with Gasteiger partial charge in [-0.1, -0.05) is 17.7 Å². The van der Waals surface area contributed by atoms with Gasteiger partial charge >= 0.3 is 0 Å². The van der Waals surface area contributed by atoms with Crippen molar-refractivity contribution >= 4 is 27.3 Å². The van der Waals surface area contributed by atoms with Gasteiger partial charge in [0, 0.05) is 17.9 Å². The molecule has 3 rings (SSSR count). The van der Waals surface area contributed by atoms with Crippen LogP contribution >= 0.6 is 0 Å². The van der Waals surface area contributed by atoms with E-state index in [4.69, 9.17) is 0 Å². The fraction of sp³-hybridized carbons (Fsp3) is 0.316. The van der Waals surface area contributed by atoms with Gasteiger partial charge in [0.25, 0.3) is 10.0 Å². The van der Waals surface area contributed by atoms with E-state index in [1.165, 1.54) is 0 Å². The van der Waals surface area contributed by atoms with E-state index in [9.17, 15) is 13.2 Å². The summed E-state index contributed by atoms with van der Waals surface area (Å²) in [5.41, 5.74) is 4.66. The van der Waals surface area contributed by atoms with Crippen LogP contribution in [0.25, 0.3) is 0 Å². The van der Waals surface area contributed by atoms with Crippen LogP contribution in [0.4, 0.5) is 11.4 Å². The lowest BCUT2D eigenvalue weighted by atomic mass is 10.1. The number of aryl methyl sites for hydroxylation is 3. The Bertz CT molecular complexity index is 942. The van der Waals surface area contributed by atoms with Gasteiger partial charge in [-0.2, -0.15) is 0 Å². The highest BCUT2D eigenvalue weighted by Crippen LogP contribution is 2.32. The zero-order valence-corrected chi connectivity index (χ0v) is 15.7. The van der Waals surface area contributed by atoms with E-state index in [2.05, 4.69) is 4.72 Å². The van der Waals surface area contributed by atoms with Crippen molar-refractivity contribution in [2.75, 3.05) is 16.2 Å². The van der Waals surface area contributed by atoms with Crippen LogP contribution in [0.3, 0.4) is 0 Å². The van der Waals surface area contributed by atoms with E-state index in [1.54, 1.807) is 36.9 Å². The van der Waals surface area contributed by atoms with Gasteiger partial charge in [-0.25, -0.2) is 8.42 Å². The maximum absolute atomic E-state index is 12.9. The Labute approximate surface area is 148 Å². The summed E-state index contributed by atoms with van der Waals surface area (Å²) in [5.74, 6) is 0.0442. The van der Waals surface area contributed by atoms with E-state index < -0.39 is 10.0 Å². The van der Waals surface area contributed by atoms with Crippen LogP contribution in [0.1, 0.15) is 29.2 Å². The molecule has 0 fully saturated rings. The summed E-state index contributed by atoms with van der Waals surface area (Å²) in [5, 5.41) is 0. The van der Waals surface area contributed by atoms with Gasteiger partial charge in [-0.15, -0.1) is 0 Å². The molecule has 132 valence electrons. The Kier molecular flexibility index (Phi) is 4.33. The number of hydrogen-bond donors (Lipinski definition) is 1. The normalized spacial score (nSPS) is 13.9. The van der Waals surface area contributed by atoms with E-state index in [0.29, 0.717) is 23.5 Å². The molecule has 25 heavy (non-hydrogen) atoms. The Morgan fingerprint density at radius 3 is 2.32 bits per heavy atom. The van der Waals surface area contributed by atoms with Crippen LogP contribution < -0.4 is 9.62 Å². The summed E-state index contributed by atoms with van der Waals surface area (Å²) >= 11 is 0. The van der Waals surface area contributed by atoms with Gasteiger partial charge in [-0.05, 0) is 62.6 Å². The molecule has 1 aliphatic heterocycles. The van der Waals surface area contributed by atoms with Crippen LogP contribution in [0.5, 0.6) is 0 Å². The van der Waals surface area contributed by atoms with Crippen LogP contribution in [-0.4, -0.2) is 20.9 Å². The molecule has 0 bridgehead atoms. The fourth-order valence-corrected chi connectivity index (χ4v) is 5.10. The van der Waals surface area contributed by atoms with Gasteiger partial charge in [0.05, 0.1) is 11.3 Å². The summed E-state index contributed by atoms with van der Waals surface area (Å²) in [6.45, 7) is 8.08. The first-order valence-electron chi connectivity index (χ1n) is 8.27. The lowest BCUT2D eigenvalue weighted by molar-refractivity contribution is -0.117. The maximum Gasteiger partial charge on any atom is 0.262 e. The van der Waals surface area contributed by atoms with Crippen molar-refractivity contribution in [1.82, 2.24) is 0 Å². The number of carbonyl (C=O) groups excluding carboxylic acids is 1. The second kappa shape index (κ2) is 6.19. The monoisotopic (exact) mass is 358 g/mol. The van der Waals surface area contributed by atoms with E-state index in [0.717, 1.165) is 27.9 Å². The van der Waals surface area contributed by atoms with Crippen molar-refractivity contribution in [1.29, 1.82) is 0 Å². The third-order valence-electron chi connectivity index (χ3n) is 4.45. The number of carbonyl (C=O) groups is 1. The number of hydrogen-bond acceptors (Lipinski definition) is 3. The minimum absolute atomic E-state index is 0.0442. The van der Waals surface area contributed by atoms with Gasteiger partial charge in [-0.3, -0.25) is 9.52 Å². The van der Waals surface area contributed by atoms with Gasteiger partial charge in [0.1, 0.15) is 0 Å². The summed E-state index contributed by atoms with van der Waals surface area (Å²) in [4.78, 5) is 14.0. The fourth-order valence-electron chi connectivity index (χ4n) is 3.59. The Morgan fingerprint density at radius 2 is 1.72 bits per heavy atom. The Balaban J connectivity index is 1.96. The molecule has 0 aromatic heterocycles. The highest BCUT2D eigenvalue weighted by Gasteiger charge is 2.27. The number of fused-ring (bicyclic) bond motifs is 1. The lowest BCUT2D eigenvalue weighted by Crippen LogP contribution is -2.25. The van der Waals surface area contributed by atoms with Gasteiger partial charge < -0.3 is 4.90 Å². The third-order valence-corrected chi connectivity index (χ3v) is 6.14. The standard InChI is InChI=1S/C19H22N2O3S/c1-5-21-17-7-6-16(10-15(17)11-18(21)22)20-25(23,24)19-13(3)8-12(2)9-14(19)4/h6-10,20H,5,11H2,1-4H3. The highest BCUT2D eigenvalue weighted by molar-refractivity contribution is 7.92. The first-order valence-corrected chi connectivity index (χ1v) is 9.75. The molecule has 0 spiro atoms. The molecule has 0 atom stereocenters. The van der Waals surface area contributed by atoms with E-state index in [1.807, 2.05) is 26.0 Å². The van der Waals surface area contributed by atoms with Crippen molar-refractivity contribution in [2.24, 2.45) is 0 Å². The van der Waals surface area contributed by atoms with Crippen molar-refractivity contribution < 1.29 is 13.2 Å². The molecule has 0 saturated carbocycles. The number of rotatable bonds is 4. The SMILES string of the molecule is CCN1C(=O)Cc2cc(NS(=O)(=O)c3c(C)cc(C)cc3C)ccc21. The predicted molar refractivity (Wildman–Crippen MR) is 99.6 cm³/mol. The molecule has 0 unspecified atom stereocenters. The highest BCUT2D eigenvalue weighted by atomic mass is 32.2. The molecule has 0 radical (unpaired) electrons. The molecule has 1 heterocycles. The second-order valence-electron chi connectivity index (χ2n) is 6.49. The zero-order valence-electron chi connectivity index (χ0n) is 14.9. The summed E-state index contributed by atoms with van der Waals surface area (Å²) in [7, 11) is -3.69. The average Bonchev–Trinajstić information content (AvgIpc) is 2.79. The summed E-state index contributed by atoms with van der Waals surface area (Å²) < 4.78 is 28.4. The molecule has 1 N–H and O–H groups in total. The van der Waals surface area contributed by atoms with Crippen molar-refractivity contribution in [2.45, 2.75) is 39.0 Å². The molecule has 6 heteroatoms. The molecule has 1 aliphatic rings. The first-order chi connectivity index (χ1) is 11.7. The topological polar surface area (TPSA) is 66.5 Å². The van der Waals surface area contributed by atoms with Crippen LogP contribution in [0.2, 0.25) is 0 Å². The van der Waals surface area contributed by atoms with E-state index in [-0.39, 0.29) is 5.91 Å². The van der Waals surface area contributed by atoms with Crippen LogP contribution in [0, 0.1) is 20.8 Å². The average molecular weight is 358 g/mol. The number of nitrogens with zero attached hydrogens (tertiary/aromatic N) is 1. The lowest BCUT2D eigenvalue weighted by Gasteiger charge is -2.16. The number of likely N-dealkylation sites (N-methyl/N-ethyl adjacent to an activating group) is 1. The van der Waals surface area contributed by atoms with Crippen LogP contribution in [0.15, 0.2) is 35.2 Å². The predicted octanol–water partition coefficient (Wildman–Crippen LogP) is 3.32. The van der Waals surface area contributed by atoms with Crippen molar-refractivity contribution in [3.63, 3.8) is 0 Å². The minimum Gasteiger partial charge on any atom is -0.312 e. The smallest absolute Gasteiger partial charge is 0.262 e. The first kappa shape index (κ1) is 17.5. The molecular formula is C19H22N2O3S.